The molecule has 30 heavy (non-hydrogen) atoms. The number of anilines is 1. The van der Waals surface area contributed by atoms with E-state index in [1.807, 2.05) is 0 Å². The zero-order valence-electron chi connectivity index (χ0n) is 16.6. The number of rotatable bonds is 6. The number of nitro benzene ring substituents is 1. The summed E-state index contributed by atoms with van der Waals surface area (Å²) in [7, 11) is 0. The number of esters is 1. The number of nitrogens with one attached hydrogen (secondary N) is 1. The third kappa shape index (κ3) is 4.32. The zero-order valence-corrected chi connectivity index (χ0v) is 16.6. The van der Waals surface area contributed by atoms with Crippen LogP contribution in [0.3, 0.4) is 0 Å². The number of aromatic nitrogens is 3. The highest BCUT2D eigenvalue weighted by atomic mass is 16.6. The highest BCUT2D eigenvalue weighted by molar-refractivity contribution is 6.03. The van der Waals surface area contributed by atoms with Crippen molar-refractivity contribution in [1.82, 2.24) is 14.8 Å². The Bertz CT molecular complexity index is 1120. The minimum Gasteiger partial charge on any atom is -0.462 e. The number of hydrogen-bond donors (Lipinski definition) is 1. The molecule has 1 aromatic carbocycles. The van der Waals surface area contributed by atoms with Gasteiger partial charge in [0.2, 0.25) is 0 Å². The third-order valence-electron chi connectivity index (χ3n) is 4.19. The van der Waals surface area contributed by atoms with Gasteiger partial charge >= 0.3 is 5.97 Å². The van der Waals surface area contributed by atoms with Gasteiger partial charge in [-0.25, -0.2) is 14.5 Å². The lowest BCUT2D eigenvalue weighted by molar-refractivity contribution is -0.384. The summed E-state index contributed by atoms with van der Waals surface area (Å²) in [5, 5.41) is 17.9. The lowest BCUT2D eigenvalue weighted by Gasteiger charge is -2.10. The Kier molecular flexibility index (Phi) is 5.86. The predicted octanol–water partition coefficient (Wildman–Crippen LogP) is 3.22. The smallest absolute Gasteiger partial charge is 0.339 e. The second-order valence-electron chi connectivity index (χ2n) is 6.36. The van der Waals surface area contributed by atoms with Gasteiger partial charge in [0.15, 0.2) is 0 Å². The summed E-state index contributed by atoms with van der Waals surface area (Å²) in [5.41, 5.74) is 1.93. The molecule has 0 bridgehead atoms. The molecule has 0 unspecified atom stereocenters. The molecule has 0 fully saturated rings. The van der Waals surface area contributed by atoms with E-state index < -0.39 is 16.8 Å². The van der Waals surface area contributed by atoms with Gasteiger partial charge in [-0.05, 0) is 45.0 Å². The number of nitrogens with zero attached hydrogens (tertiary/aromatic N) is 4. The van der Waals surface area contributed by atoms with Crippen molar-refractivity contribution in [1.29, 1.82) is 0 Å². The van der Waals surface area contributed by atoms with E-state index in [1.54, 1.807) is 26.8 Å². The van der Waals surface area contributed by atoms with Gasteiger partial charge in [0, 0.05) is 18.2 Å². The molecule has 0 aliphatic heterocycles. The van der Waals surface area contributed by atoms with E-state index in [-0.39, 0.29) is 18.0 Å². The summed E-state index contributed by atoms with van der Waals surface area (Å²) in [6, 6.07) is 10.4. The van der Waals surface area contributed by atoms with Crippen LogP contribution >= 0.6 is 0 Å². The van der Waals surface area contributed by atoms with Crippen LogP contribution in [-0.4, -0.2) is 38.2 Å². The summed E-state index contributed by atoms with van der Waals surface area (Å²) >= 11 is 0. The standard InChI is InChI=1S/C20H19N5O5/c1-4-30-20(27)16-9-10-17(21-13(16)3)19(26)22-18-11-12(2)23-24(18)14-5-7-15(8-6-14)25(28)29/h5-11H,4H2,1-3H3,(H,22,26). The molecule has 3 aromatic rings. The summed E-state index contributed by atoms with van der Waals surface area (Å²) in [5.74, 6) is -0.613. The van der Waals surface area contributed by atoms with Gasteiger partial charge in [0.1, 0.15) is 11.5 Å². The van der Waals surface area contributed by atoms with E-state index in [0.717, 1.165) is 0 Å². The molecule has 0 radical (unpaired) electrons. The van der Waals surface area contributed by atoms with Crippen LogP contribution in [0.25, 0.3) is 5.69 Å². The number of aryl methyl sites for hydroxylation is 2. The third-order valence-corrected chi connectivity index (χ3v) is 4.19. The maximum atomic E-state index is 12.7. The van der Waals surface area contributed by atoms with E-state index in [9.17, 15) is 19.7 Å². The molecule has 2 aromatic heterocycles. The van der Waals surface area contributed by atoms with Crippen molar-refractivity contribution >= 4 is 23.4 Å². The Morgan fingerprint density at radius 3 is 2.47 bits per heavy atom. The average Bonchev–Trinajstić information content (AvgIpc) is 3.08. The van der Waals surface area contributed by atoms with Crippen molar-refractivity contribution < 1.29 is 19.2 Å². The van der Waals surface area contributed by atoms with E-state index in [0.29, 0.717) is 28.5 Å². The molecule has 154 valence electrons. The van der Waals surface area contributed by atoms with Crippen LogP contribution in [0.5, 0.6) is 0 Å². The normalized spacial score (nSPS) is 10.5. The van der Waals surface area contributed by atoms with Crippen LogP contribution < -0.4 is 5.32 Å². The first-order valence-corrected chi connectivity index (χ1v) is 9.07. The van der Waals surface area contributed by atoms with Crippen molar-refractivity contribution in [2.45, 2.75) is 20.8 Å². The number of benzene rings is 1. The number of hydrogen-bond acceptors (Lipinski definition) is 7. The van der Waals surface area contributed by atoms with E-state index in [1.165, 1.54) is 41.1 Å². The first-order valence-electron chi connectivity index (χ1n) is 9.07. The summed E-state index contributed by atoms with van der Waals surface area (Å²) in [6.45, 7) is 5.33. The zero-order chi connectivity index (χ0) is 21.8. The highest BCUT2D eigenvalue weighted by Crippen LogP contribution is 2.21. The van der Waals surface area contributed by atoms with Gasteiger partial charge < -0.3 is 10.1 Å². The largest absolute Gasteiger partial charge is 0.462 e. The number of carbonyl (C=O) groups excluding carboxylic acids is 2. The number of non-ortho nitro benzene ring substituents is 1. The molecular weight excluding hydrogens is 390 g/mol. The molecule has 10 heteroatoms. The summed E-state index contributed by atoms with van der Waals surface area (Å²) in [4.78, 5) is 39.1. The molecule has 0 saturated heterocycles. The van der Waals surface area contributed by atoms with Gasteiger partial charge in [-0.3, -0.25) is 14.9 Å². The van der Waals surface area contributed by atoms with Crippen molar-refractivity contribution in [3.05, 3.63) is 75.2 Å². The maximum Gasteiger partial charge on any atom is 0.339 e. The topological polar surface area (TPSA) is 129 Å². The molecule has 0 aliphatic rings. The first kappa shape index (κ1) is 20.6. The van der Waals surface area contributed by atoms with Crippen LogP contribution in [0, 0.1) is 24.0 Å². The fraction of sp³-hybridized carbons (Fsp3) is 0.200. The molecule has 0 saturated carbocycles. The van der Waals surface area contributed by atoms with Gasteiger partial charge in [-0.1, -0.05) is 0 Å². The average molecular weight is 409 g/mol. The van der Waals surface area contributed by atoms with Crippen LogP contribution in [0.15, 0.2) is 42.5 Å². The Labute approximate surface area is 171 Å². The fourth-order valence-corrected chi connectivity index (χ4v) is 2.79. The molecule has 0 aliphatic carbocycles. The highest BCUT2D eigenvalue weighted by Gasteiger charge is 2.17. The summed E-state index contributed by atoms with van der Waals surface area (Å²) < 4.78 is 6.43. The van der Waals surface area contributed by atoms with Crippen molar-refractivity contribution in [2.24, 2.45) is 0 Å². The van der Waals surface area contributed by atoms with E-state index in [4.69, 9.17) is 4.74 Å². The molecule has 2 heterocycles. The van der Waals surface area contributed by atoms with Crippen LogP contribution in [0.4, 0.5) is 11.5 Å². The molecule has 0 spiro atoms. The quantitative estimate of drug-likeness (QED) is 0.376. The van der Waals surface area contributed by atoms with Crippen molar-refractivity contribution in [2.75, 3.05) is 11.9 Å². The second kappa shape index (κ2) is 8.52. The van der Waals surface area contributed by atoms with Gasteiger partial charge in [0.25, 0.3) is 11.6 Å². The Morgan fingerprint density at radius 1 is 1.17 bits per heavy atom. The van der Waals surface area contributed by atoms with Gasteiger partial charge in [-0.2, -0.15) is 5.10 Å². The van der Waals surface area contributed by atoms with Gasteiger partial charge in [-0.15, -0.1) is 0 Å². The van der Waals surface area contributed by atoms with Crippen molar-refractivity contribution in [3.63, 3.8) is 0 Å². The minimum atomic E-state index is -0.499. The minimum absolute atomic E-state index is 0.0467. The summed E-state index contributed by atoms with van der Waals surface area (Å²) in [6.07, 6.45) is 0. The van der Waals surface area contributed by atoms with Gasteiger partial charge in [0.05, 0.1) is 34.2 Å². The Balaban J connectivity index is 1.85. The number of carbonyl (C=O) groups is 2. The molecule has 0 atom stereocenters. The molecule has 3 rings (SSSR count). The fourth-order valence-electron chi connectivity index (χ4n) is 2.79. The van der Waals surface area contributed by atoms with Crippen LogP contribution in [0.1, 0.15) is 39.2 Å². The van der Waals surface area contributed by atoms with E-state index >= 15 is 0 Å². The van der Waals surface area contributed by atoms with Crippen LogP contribution in [0.2, 0.25) is 0 Å². The number of pyridine rings is 1. The monoisotopic (exact) mass is 409 g/mol. The van der Waals surface area contributed by atoms with Crippen molar-refractivity contribution in [3.8, 4) is 5.69 Å². The molecule has 10 nitrogen and oxygen atoms in total. The molecular formula is C20H19N5O5. The maximum absolute atomic E-state index is 12.7. The lowest BCUT2D eigenvalue weighted by Crippen LogP contribution is -2.18. The SMILES string of the molecule is CCOC(=O)c1ccc(C(=O)Nc2cc(C)nn2-c2ccc([N+](=O)[O-])cc2)nc1C. The predicted molar refractivity (Wildman–Crippen MR) is 108 cm³/mol. The Morgan fingerprint density at radius 2 is 1.87 bits per heavy atom. The number of ether oxygens (including phenoxy) is 1. The molecule has 1 amide bonds. The van der Waals surface area contributed by atoms with Crippen LogP contribution in [-0.2, 0) is 4.74 Å². The number of amides is 1. The second-order valence-corrected chi connectivity index (χ2v) is 6.36. The number of nitro groups is 1. The first-order chi connectivity index (χ1) is 14.3. The van der Waals surface area contributed by atoms with E-state index in [2.05, 4.69) is 15.4 Å². The lowest BCUT2D eigenvalue weighted by atomic mass is 10.2. The molecule has 1 N–H and O–H groups in total. The Hall–Kier alpha value is -4.08.